The third kappa shape index (κ3) is 11.0. The largest absolute Gasteiger partial charge is 0.329 e. The molecule has 2 N–H and O–H groups in total. The van der Waals surface area contributed by atoms with E-state index in [0.717, 1.165) is 26.1 Å². The van der Waals surface area contributed by atoms with Gasteiger partial charge >= 0.3 is 0 Å². The van der Waals surface area contributed by atoms with E-state index in [-0.39, 0.29) is 0 Å². The number of unbranched alkanes of at least 4 members (excludes halogenated alkanes) is 11. The van der Waals surface area contributed by atoms with Crippen molar-refractivity contribution in [2.75, 3.05) is 19.6 Å². The van der Waals surface area contributed by atoms with Crippen LogP contribution in [0, 0.1) is 0 Å². The fourth-order valence-corrected chi connectivity index (χ4v) is 3.37. The molecule has 24 heavy (non-hydrogen) atoms. The topological polar surface area (TPSA) is 41.6 Å². The Morgan fingerprint density at radius 1 is 0.958 bits per heavy atom. The summed E-state index contributed by atoms with van der Waals surface area (Å²) in [5, 5.41) is 0. The maximum atomic E-state index is 5.64. The SMILES string of the molecule is CCCCCCCCCCCCC/C=C/CC1N=CCN1CCN. The Balaban J connectivity index is 1.84. The highest BCUT2D eigenvalue weighted by Gasteiger charge is 2.18. The number of aliphatic imine (C=N–C) groups is 1. The zero-order valence-electron chi connectivity index (χ0n) is 16.1. The number of nitrogens with two attached hydrogens (primary N) is 1. The molecule has 0 radical (unpaired) electrons. The molecule has 1 heterocycles. The van der Waals surface area contributed by atoms with Gasteiger partial charge in [-0.15, -0.1) is 0 Å². The summed E-state index contributed by atoms with van der Waals surface area (Å²) in [5.41, 5.74) is 5.64. The van der Waals surface area contributed by atoms with Crippen LogP contribution in [0.1, 0.15) is 90.4 Å². The second kappa shape index (κ2) is 15.8. The standard InChI is InChI=1S/C21H41N3/c1-2-3-4-5-6-7-8-9-10-11-12-13-14-15-16-21-23-18-20-24(21)19-17-22/h14-15,18,21H,2-13,16-17,19-20,22H2,1H3/b15-14+. The number of hydrogen-bond donors (Lipinski definition) is 1. The first kappa shape index (κ1) is 21.4. The van der Waals surface area contributed by atoms with Gasteiger partial charge in [0.25, 0.3) is 0 Å². The lowest BCUT2D eigenvalue weighted by molar-refractivity contribution is 0.259. The van der Waals surface area contributed by atoms with E-state index in [1.165, 1.54) is 77.0 Å². The Kier molecular flexibility index (Phi) is 14.1. The quantitative estimate of drug-likeness (QED) is 0.307. The van der Waals surface area contributed by atoms with Gasteiger partial charge in [0.05, 0.1) is 0 Å². The number of rotatable bonds is 16. The summed E-state index contributed by atoms with van der Waals surface area (Å²) in [6, 6.07) is 0. The molecule has 140 valence electrons. The fourth-order valence-electron chi connectivity index (χ4n) is 3.37. The summed E-state index contributed by atoms with van der Waals surface area (Å²) >= 11 is 0. The van der Waals surface area contributed by atoms with Crippen molar-refractivity contribution in [2.45, 2.75) is 96.6 Å². The third-order valence-corrected chi connectivity index (χ3v) is 4.92. The molecule has 0 aromatic rings. The molecule has 0 spiro atoms. The number of allylic oxidation sites excluding steroid dienone is 1. The molecule has 0 saturated heterocycles. The van der Waals surface area contributed by atoms with Gasteiger partial charge in [-0.25, -0.2) is 0 Å². The average Bonchev–Trinajstić information content (AvgIpc) is 3.03. The van der Waals surface area contributed by atoms with Crippen LogP contribution in [0.4, 0.5) is 0 Å². The predicted octanol–water partition coefficient (Wildman–Crippen LogP) is 5.31. The van der Waals surface area contributed by atoms with Gasteiger partial charge in [0.2, 0.25) is 0 Å². The molecule has 0 aliphatic carbocycles. The summed E-state index contributed by atoms with van der Waals surface area (Å²) in [6.07, 6.45) is 24.9. The molecule has 0 aromatic heterocycles. The van der Waals surface area contributed by atoms with E-state index in [9.17, 15) is 0 Å². The lowest BCUT2D eigenvalue weighted by Gasteiger charge is -2.20. The Labute approximate surface area is 150 Å². The minimum Gasteiger partial charge on any atom is -0.329 e. The smallest absolute Gasteiger partial charge is 0.105 e. The minimum absolute atomic E-state index is 0.335. The van der Waals surface area contributed by atoms with Gasteiger partial charge < -0.3 is 5.73 Å². The maximum Gasteiger partial charge on any atom is 0.105 e. The molecule has 1 rings (SSSR count). The van der Waals surface area contributed by atoms with Crippen LogP contribution in [-0.2, 0) is 0 Å². The van der Waals surface area contributed by atoms with E-state index in [1.54, 1.807) is 0 Å². The van der Waals surface area contributed by atoms with Crippen LogP contribution >= 0.6 is 0 Å². The number of nitrogens with zero attached hydrogens (tertiary/aromatic N) is 2. The Morgan fingerprint density at radius 2 is 1.58 bits per heavy atom. The van der Waals surface area contributed by atoms with Gasteiger partial charge in [0.15, 0.2) is 0 Å². The van der Waals surface area contributed by atoms with Gasteiger partial charge in [0, 0.05) is 32.3 Å². The van der Waals surface area contributed by atoms with Crippen molar-refractivity contribution in [1.29, 1.82) is 0 Å². The van der Waals surface area contributed by atoms with E-state index in [2.05, 4.69) is 29.0 Å². The zero-order valence-corrected chi connectivity index (χ0v) is 16.1. The van der Waals surface area contributed by atoms with Crippen molar-refractivity contribution in [1.82, 2.24) is 4.90 Å². The van der Waals surface area contributed by atoms with Crippen molar-refractivity contribution in [3.8, 4) is 0 Å². The van der Waals surface area contributed by atoms with Gasteiger partial charge in [-0.1, -0.05) is 83.3 Å². The molecule has 3 heteroatoms. The van der Waals surface area contributed by atoms with Crippen LogP contribution in [0.15, 0.2) is 17.1 Å². The molecule has 0 saturated carbocycles. The highest BCUT2D eigenvalue weighted by molar-refractivity contribution is 5.62. The molecular weight excluding hydrogens is 294 g/mol. The van der Waals surface area contributed by atoms with Crippen molar-refractivity contribution in [2.24, 2.45) is 10.7 Å². The highest BCUT2D eigenvalue weighted by Crippen LogP contribution is 2.13. The van der Waals surface area contributed by atoms with Gasteiger partial charge in [-0.2, -0.15) is 0 Å². The fraction of sp³-hybridized carbons (Fsp3) is 0.857. The number of hydrogen-bond acceptors (Lipinski definition) is 3. The van der Waals surface area contributed by atoms with Crippen molar-refractivity contribution < 1.29 is 0 Å². The van der Waals surface area contributed by atoms with Crippen LogP contribution in [0.5, 0.6) is 0 Å². The van der Waals surface area contributed by atoms with E-state index < -0.39 is 0 Å². The minimum atomic E-state index is 0.335. The maximum absolute atomic E-state index is 5.64. The zero-order chi connectivity index (χ0) is 17.3. The van der Waals surface area contributed by atoms with E-state index >= 15 is 0 Å². The van der Waals surface area contributed by atoms with Crippen LogP contribution in [0.2, 0.25) is 0 Å². The van der Waals surface area contributed by atoms with E-state index in [1.807, 2.05) is 6.21 Å². The van der Waals surface area contributed by atoms with Gasteiger partial charge in [-0.05, 0) is 12.8 Å². The molecule has 1 atom stereocenters. The normalized spacial score (nSPS) is 18.2. The van der Waals surface area contributed by atoms with Crippen LogP contribution in [-0.4, -0.2) is 36.9 Å². The van der Waals surface area contributed by atoms with Crippen molar-refractivity contribution >= 4 is 6.21 Å². The van der Waals surface area contributed by atoms with Crippen molar-refractivity contribution in [3.05, 3.63) is 12.2 Å². The summed E-state index contributed by atoms with van der Waals surface area (Å²) in [5.74, 6) is 0. The second-order valence-electron chi connectivity index (χ2n) is 7.13. The molecule has 0 aromatic carbocycles. The van der Waals surface area contributed by atoms with Crippen LogP contribution < -0.4 is 5.73 Å². The Hall–Kier alpha value is -0.670. The van der Waals surface area contributed by atoms with Crippen LogP contribution in [0.3, 0.4) is 0 Å². The second-order valence-corrected chi connectivity index (χ2v) is 7.13. The first-order chi connectivity index (χ1) is 11.9. The molecule has 0 bridgehead atoms. The molecule has 1 unspecified atom stereocenters. The highest BCUT2D eigenvalue weighted by atomic mass is 15.3. The van der Waals surface area contributed by atoms with E-state index in [4.69, 9.17) is 5.73 Å². The molecule has 3 nitrogen and oxygen atoms in total. The molecule has 0 fully saturated rings. The lowest BCUT2D eigenvalue weighted by Crippen LogP contribution is -2.34. The van der Waals surface area contributed by atoms with E-state index in [0.29, 0.717) is 6.17 Å². The third-order valence-electron chi connectivity index (χ3n) is 4.92. The molecule has 0 amide bonds. The lowest BCUT2D eigenvalue weighted by atomic mass is 10.1. The molecule has 1 aliphatic rings. The van der Waals surface area contributed by atoms with Crippen LogP contribution in [0.25, 0.3) is 0 Å². The Bertz CT molecular complexity index is 325. The first-order valence-electron chi connectivity index (χ1n) is 10.5. The summed E-state index contributed by atoms with van der Waals surface area (Å²) in [4.78, 5) is 6.88. The van der Waals surface area contributed by atoms with Gasteiger partial charge in [-0.3, -0.25) is 9.89 Å². The monoisotopic (exact) mass is 335 g/mol. The molecular formula is C21H41N3. The predicted molar refractivity (Wildman–Crippen MR) is 108 cm³/mol. The Morgan fingerprint density at radius 3 is 2.21 bits per heavy atom. The first-order valence-corrected chi connectivity index (χ1v) is 10.5. The summed E-state index contributed by atoms with van der Waals surface area (Å²) < 4.78 is 0. The molecule has 1 aliphatic heterocycles. The average molecular weight is 336 g/mol. The van der Waals surface area contributed by atoms with Crippen molar-refractivity contribution in [3.63, 3.8) is 0 Å². The summed E-state index contributed by atoms with van der Waals surface area (Å²) in [6.45, 7) is 4.93. The van der Waals surface area contributed by atoms with Gasteiger partial charge in [0.1, 0.15) is 6.17 Å². The summed E-state index contributed by atoms with van der Waals surface area (Å²) in [7, 11) is 0.